The monoisotopic (exact) mass is 372 g/mol. The van der Waals surface area contributed by atoms with Crippen LogP contribution in [0.4, 0.5) is 4.79 Å². The van der Waals surface area contributed by atoms with Gasteiger partial charge in [-0.25, -0.2) is 4.79 Å². The molecule has 2 aromatic rings. The number of hydrogen-bond donors (Lipinski definition) is 2. The average Bonchev–Trinajstić information content (AvgIpc) is 3.08. The summed E-state index contributed by atoms with van der Waals surface area (Å²) in [6, 6.07) is 4.62. The molecule has 1 saturated heterocycles. The number of nitrogens with one attached hydrogen (secondary N) is 2. The fraction of sp³-hybridized carbons (Fsp3) is 0.500. The van der Waals surface area contributed by atoms with Crippen molar-refractivity contribution in [3.8, 4) is 0 Å². The van der Waals surface area contributed by atoms with E-state index in [1.807, 2.05) is 42.6 Å². The van der Waals surface area contributed by atoms with Crippen molar-refractivity contribution in [3.05, 3.63) is 30.2 Å². The molecule has 2 aromatic heterocycles. The molecule has 0 saturated carbocycles. The number of carbonyl (C=O) groups excluding carboxylic acids is 3. The van der Waals surface area contributed by atoms with Crippen molar-refractivity contribution in [1.82, 2.24) is 30.1 Å². The minimum Gasteiger partial charge on any atom is -0.344 e. The van der Waals surface area contributed by atoms with Crippen LogP contribution in [0.25, 0.3) is 5.65 Å². The van der Waals surface area contributed by atoms with Gasteiger partial charge < -0.3 is 10.6 Å². The van der Waals surface area contributed by atoms with Crippen LogP contribution in [0, 0.1) is 5.92 Å². The highest BCUT2D eigenvalue weighted by Crippen LogP contribution is 2.21. The number of imide groups is 1. The highest BCUT2D eigenvalue weighted by molar-refractivity contribution is 6.08. The van der Waals surface area contributed by atoms with Gasteiger partial charge in [0, 0.05) is 6.20 Å². The molecule has 9 nitrogen and oxygen atoms in total. The first kappa shape index (κ1) is 18.8. The SMILES string of the molecule is CC(C)C[C@H](NC(=O)CN1C(=O)NC(C)(C)C1=O)c1nnc2ccccn12. The van der Waals surface area contributed by atoms with Crippen LogP contribution in [0.1, 0.15) is 46.0 Å². The van der Waals surface area contributed by atoms with Crippen LogP contribution in [0.5, 0.6) is 0 Å². The number of fused-ring (bicyclic) bond motifs is 1. The third kappa shape index (κ3) is 3.76. The summed E-state index contributed by atoms with van der Waals surface area (Å²) in [4.78, 5) is 37.8. The van der Waals surface area contributed by atoms with Crippen LogP contribution >= 0.6 is 0 Å². The standard InChI is InChI=1S/C18H24N6O3/c1-11(2)9-12(15-22-21-13-7-5-6-8-23(13)15)19-14(25)10-24-16(26)18(3,4)20-17(24)27/h5-8,11-12H,9-10H2,1-4H3,(H,19,25)(H,20,27)/t12-/m0/s1. The van der Waals surface area contributed by atoms with Crippen LogP contribution in [-0.2, 0) is 9.59 Å². The molecular weight excluding hydrogens is 348 g/mol. The van der Waals surface area contributed by atoms with Gasteiger partial charge in [-0.1, -0.05) is 19.9 Å². The molecule has 0 aliphatic carbocycles. The molecule has 0 radical (unpaired) electrons. The third-order valence-corrected chi connectivity index (χ3v) is 4.44. The van der Waals surface area contributed by atoms with Gasteiger partial charge in [-0.05, 0) is 38.3 Å². The van der Waals surface area contributed by atoms with E-state index in [0.717, 1.165) is 4.90 Å². The van der Waals surface area contributed by atoms with E-state index in [0.29, 0.717) is 23.8 Å². The van der Waals surface area contributed by atoms with Crippen molar-refractivity contribution in [2.75, 3.05) is 6.54 Å². The van der Waals surface area contributed by atoms with Crippen molar-refractivity contribution in [1.29, 1.82) is 0 Å². The lowest BCUT2D eigenvalue weighted by Gasteiger charge is -2.21. The summed E-state index contributed by atoms with van der Waals surface area (Å²) in [5.74, 6) is 0.0673. The number of rotatable bonds is 6. The molecule has 1 aliphatic rings. The molecular formula is C18H24N6O3. The number of urea groups is 1. The molecule has 1 aliphatic heterocycles. The maximum absolute atomic E-state index is 12.6. The number of aromatic nitrogens is 3. The summed E-state index contributed by atoms with van der Waals surface area (Å²) in [5, 5.41) is 13.8. The third-order valence-electron chi connectivity index (χ3n) is 4.44. The average molecular weight is 372 g/mol. The second-order valence-corrected chi connectivity index (χ2v) is 7.68. The zero-order chi connectivity index (χ0) is 19.8. The van der Waals surface area contributed by atoms with E-state index >= 15 is 0 Å². The van der Waals surface area contributed by atoms with Crippen LogP contribution < -0.4 is 10.6 Å². The Kier molecular flexibility index (Phi) is 4.86. The Morgan fingerprint density at radius 1 is 1.26 bits per heavy atom. The first-order valence-corrected chi connectivity index (χ1v) is 8.92. The summed E-state index contributed by atoms with van der Waals surface area (Å²) in [6.45, 7) is 6.97. The molecule has 4 amide bonds. The van der Waals surface area contributed by atoms with Crippen LogP contribution in [-0.4, -0.2) is 49.4 Å². The van der Waals surface area contributed by atoms with Gasteiger partial charge in [-0.15, -0.1) is 10.2 Å². The molecule has 1 fully saturated rings. The van der Waals surface area contributed by atoms with E-state index in [1.165, 1.54) is 0 Å². The lowest BCUT2D eigenvalue weighted by molar-refractivity contribution is -0.134. The van der Waals surface area contributed by atoms with Gasteiger partial charge in [-0.2, -0.15) is 0 Å². The van der Waals surface area contributed by atoms with Crippen LogP contribution in [0.3, 0.4) is 0 Å². The molecule has 3 rings (SSSR count). The fourth-order valence-corrected chi connectivity index (χ4v) is 3.14. The van der Waals surface area contributed by atoms with Gasteiger partial charge >= 0.3 is 6.03 Å². The van der Waals surface area contributed by atoms with Crippen molar-refractivity contribution >= 4 is 23.5 Å². The molecule has 2 N–H and O–H groups in total. The first-order valence-electron chi connectivity index (χ1n) is 8.92. The van der Waals surface area contributed by atoms with Crippen molar-refractivity contribution < 1.29 is 14.4 Å². The van der Waals surface area contributed by atoms with Gasteiger partial charge in [0.25, 0.3) is 5.91 Å². The van der Waals surface area contributed by atoms with Crippen molar-refractivity contribution in [3.63, 3.8) is 0 Å². The fourth-order valence-electron chi connectivity index (χ4n) is 3.14. The molecule has 1 atom stereocenters. The lowest BCUT2D eigenvalue weighted by Crippen LogP contribution is -2.44. The van der Waals surface area contributed by atoms with Crippen LogP contribution in [0.2, 0.25) is 0 Å². The predicted octanol–water partition coefficient (Wildman–Crippen LogP) is 1.26. The topological polar surface area (TPSA) is 109 Å². The largest absolute Gasteiger partial charge is 0.344 e. The van der Waals surface area contributed by atoms with Crippen molar-refractivity contribution in [2.45, 2.75) is 45.7 Å². The summed E-state index contributed by atoms with van der Waals surface area (Å²) in [6.07, 6.45) is 2.48. The lowest BCUT2D eigenvalue weighted by atomic mass is 10.0. The molecule has 0 spiro atoms. The minimum atomic E-state index is -1.00. The maximum Gasteiger partial charge on any atom is 0.325 e. The van der Waals surface area contributed by atoms with E-state index in [-0.39, 0.29) is 12.6 Å². The number of amides is 4. The second kappa shape index (κ2) is 6.98. The Hall–Kier alpha value is -2.97. The number of pyridine rings is 1. The molecule has 27 heavy (non-hydrogen) atoms. The second-order valence-electron chi connectivity index (χ2n) is 7.68. The van der Waals surface area contributed by atoms with Gasteiger partial charge in [0.1, 0.15) is 12.1 Å². The zero-order valence-corrected chi connectivity index (χ0v) is 15.9. The highest BCUT2D eigenvalue weighted by atomic mass is 16.2. The van der Waals surface area contributed by atoms with Crippen molar-refractivity contribution in [2.24, 2.45) is 5.92 Å². The Morgan fingerprint density at radius 3 is 2.63 bits per heavy atom. The van der Waals surface area contributed by atoms with Gasteiger partial charge in [0.05, 0.1) is 6.04 Å². The smallest absolute Gasteiger partial charge is 0.325 e. The number of carbonyl (C=O) groups is 3. The Balaban J connectivity index is 1.78. The number of hydrogen-bond acceptors (Lipinski definition) is 5. The van der Waals surface area contributed by atoms with Gasteiger partial charge in [0.15, 0.2) is 11.5 Å². The van der Waals surface area contributed by atoms with E-state index in [2.05, 4.69) is 20.8 Å². The zero-order valence-electron chi connectivity index (χ0n) is 15.9. The molecule has 3 heterocycles. The molecule has 0 aromatic carbocycles. The molecule has 0 unspecified atom stereocenters. The summed E-state index contributed by atoms with van der Waals surface area (Å²) in [5.41, 5.74) is -0.316. The van der Waals surface area contributed by atoms with E-state index in [4.69, 9.17) is 0 Å². The number of nitrogens with zero attached hydrogens (tertiary/aromatic N) is 4. The van der Waals surface area contributed by atoms with E-state index in [9.17, 15) is 14.4 Å². The van der Waals surface area contributed by atoms with E-state index < -0.39 is 23.4 Å². The maximum atomic E-state index is 12.6. The molecule has 144 valence electrons. The molecule has 9 heteroatoms. The molecule has 0 bridgehead atoms. The first-order chi connectivity index (χ1) is 12.7. The van der Waals surface area contributed by atoms with Crippen LogP contribution in [0.15, 0.2) is 24.4 Å². The van der Waals surface area contributed by atoms with E-state index in [1.54, 1.807) is 13.8 Å². The quantitative estimate of drug-likeness (QED) is 0.742. The summed E-state index contributed by atoms with van der Waals surface area (Å²) in [7, 11) is 0. The Bertz CT molecular complexity index is 888. The predicted molar refractivity (Wildman–Crippen MR) is 97.6 cm³/mol. The highest BCUT2D eigenvalue weighted by Gasteiger charge is 2.45. The summed E-state index contributed by atoms with van der Waals surface area (Å²) >= 11 is 0. The normalized spacial score (nSPS) is 17.4. The van der Waals surface area contributed by atoms with Gasteiger partial charge in [0.2, 0.25) is 5.91 Å². The van der Waals surface area contributed by atoms with Gasteiger partial charge in [-0.3, -0.25) is 18.9 Å². The summed E-state index contributed by atoms with van der Waals surface area (Å²) < 4.78 is 1.82. The minimum absolute atomic E-state index is 0.294. The Morgan fingerprint density at radius 2 is 2.00 bits per heavy atom. The Labute approximate surface area is 157 Å².